The number of carbonyl (C=O) groups is 2. The molecule has 16 nitrogen and oxygen atoms in total. The first-order valence-corrected chi connectivity index (χ1v) is 10.5. The normalized spacial score (nSPS) is 14.5. The number of amides is 1. The average molecular weight is 465 g/mol. The molecule has 0 aromatic carbocycles. The molecule has 3 atom stereocenters. The van der Waals surface area contributed by atoms with Gasteiger partial charge in [-0.05, 0) is 19.3 Å². The van der Waals surface area contributed by atoms with Gasteiger partial charge in [-0.25, -0.2) is 0 Å². The topological polar surface area (TPSA) is 286 Å². The zero-order valence-electron chi connectivity index (χ0n) is 16.4. The number of aromatic nitrogens is 2. The largest absolute Gasteiger partial charge is 0.480 e. The molecule has 0 aliphatic heterocycles. The molecule has 0 bridgehead atoms. The van der Waals surface area contributed by atoms with Crippen molar-refractivity contribution in [3.8, 4) is 0 Å². The zero-order valence-corrected chi connectivity index (χ0v) is 17.3. The average Bonchev–Trinajstić information content (AvgIpc) is 3.16. The molecule has 1 heterocycles. The van der Waals surface area contributed by atoms with Crippen LogP contribution in [-0.2, 0) is 19.8 Å². The van der Waals surface area contributed by atoms with Crippen LogP contribution in [0.1, 0.15) is 49.5 Å². The number of nitrogens with zero attached hydrogens (tertiary/aromatic N) is 2. The van der Waals surface area contributed by atoms with E-state index in [4.69, 9.17) is 37.3 Å². The predicted molar refractivity (Wildman–Crippen MR) is 105 cm³/mol. The van der Waals surface area contributed by atoms with Gasteiger partial charge in [0.15, 0.2) is 11.8 Å². The molecule has 176 valence electrons. The maximum atomic E-state index is 12.2. The Balaban J connectivity index is 2.90. The van der Waals surface area contributed by atoms with Crippen LogP contribution in [0, 0.1) is 5.41 Å². The first-order chi connectivity index (χ1) is 14.4. The smallest absolute Gasteiger partial charge is 0.324 e. The van der Waals surface area contributed by atoms with Crippen molar-refractivity contribution in [1.29, 1.82) is 5.41 Å². The van der Waals surface area contributed by atoms with Crippen LogP contribution in [0.2, 0.25) is 0 Å². The summed E-state index contributed by atoms with van der Waals surface area (Å²) in [6.07, 6.45) is 0.530. The number of nitrogens with two attached hydrogens (primary N) is 3. The van der Waals surface area contributed by atoms with E-state index in [2.05, 4.69) is 20.2 Å². The molecular formula is C14H27N9O7S. The lowest BCUT2D eigenvalue weighted by Gasteiger charge is -2.17. The molecule has 1 amide bonds. The molecule has 31 heavy (non-hydrogen) atoms. The summed E-state index contributed by atoms with van der Waals surface area (Å²) >= 11 is 0. The molecule has 0 aliphatic carbocycles. The number of carbonyl (C=O) groups excluding carboxylic acids is 1. The predicted octanol–water partition coefficient (Wildman–Crippen LogP) is -3.49. The lowest BCUT2D eigenvalue weighted by atomic mass is 10.1. The summed E-state index contributed by atoms with van der Waals surface area (Å²) in [4.78, 5) is 26.1. The number of rotatable bonds is 15. The first-order valence-electron chi connectivity index (χ1n) is 9.03. The third kappa shape index (κ3) is 9.66. The van der Waals surface area contributed by atoms with E-state index in [0.29, 0.717) is 19.4 Å². The monoisotopic (exact) mass is 465 g/mol. The van der Waals surface area contributed by atoms with Crippen molar-refractivity contribution in [2.24, 2.45) is 17.2 Å². The van der Waals surface area contributed by atoms with Gasteiger partial charge in [-0.1, -0.05) is 5.16 Å². The highest BCUT2D eigenvalue weighted by molar-refractivity contribution is 7.87. The molecule has 0 saturated heterocycles. The van der Waals surface area contributed by atoms with E-state index < -0.39 is 46.8 Å². The Morgan fingerprint density at radius 2 is 1.90 bits per heavy atom. The Labute approximate surface area is 177 Å². The number of hydrogen-bond donors (Lipinski definition) is 9. The minimum atomic E-state index is -4.46. The molecule has 1 rings (SSSR count). The molecule has 1 aromatic heterocycles. The minimum absolute atomic E-state index is 0.0767. The highest BCUT2D eigenvalue weighted by Crippen LogP contribution is 2.20. The summed E-state index contributed by atoms with van der Waals surface area (Å²) in [5, 5.41) is 31.3. The van der Waals surface area contributed by atoms with Crippen molar-refractivity contribution < 1.29 is 32.7 Å². The van der Waals surface area contributed by atoms with Gasteiger partial charge in [0.25, 0.3) is 10.2 Å². The number of carboxylic acid groups (broad SMARTS) is 1. The van der Waals surface area contributed by atoms with Crippen molar-refractivity contribution in [2.75, 3.05) is 13.2 Å². The van der Waals surface area contributed by atoms with Crippen LogP contribution in [0.4, 0.5) is 0 Å². The van der Waals surface area contributed by atoms with Crippen LogP contribution in [0.25, 0.3) is 0 Å². The third-order valence-corrected chi connectivity index (χ3v) is 5.04. The van der Waals surface area contributed by atoms with Crippen LogP contribution < -0.4 is 32.0 Å². The van der Waals surface area contributed by atoms with E-state index in [9.17, 15) is 18.0 Å². The van der Waals surface area contributed by atoms with Crippen molar-refractivity contribution >= 4 is 28.0 Å². The van der Waals surface area contributed by atoms with Crippen LogP contribution in [0.3, 0.4) is 0 Å². The van der Waals surface area contributed by atoms with E-state index in [1.807, 2.05) is 0 Å². The Morgan fingerprint density at radius 3 is 2.45 bits per heavy atom. The third-order valence-electron chi connectivity index (χ3n) is 3.85. The first kappa shape index (κ1) is 26.2. The van der Waals surface area contributed by atoms with Gasteiger partial charge in [0.1, 0.15) is 12.1 Å². The fourth-order valence-electron chi connectivity index (χ4n) is 2.31. The summed E-state index contributed by atoms with van der Waals surface area (Å²) in [5.41, 5.74) is 16.3. The number of nitrogens with one attached hydrogen (secondary N) is 4. The maximum Gasteiger partial charge on any atom is 0.324 e. The second-order valence-electron chi connectivity index (χ2n) is 6.45. The fourth-order valence-corrected chi connectivity index (χ4v) is 3.52. The van der Waals surface area contributed by atoms with Crippen molar-refractivity contribution in [3.05, 3.63) is 11.7 Å². The number of hydrogen-bond acceptors (Lipinski definition) is 10. The number of guanidine groups is 1. The summed E-state index contributed by atoms with van der Waals surface area (Å²) in [6, 6.07) is -3.67. The highest BCUT2D eigenvalue weighted by Gasteiger charge is 2.29. The van der Waals surface area contributed by atoms with Crippen molar-refractivity contribution in [3.63, 3.8) is 0 Å². The molecule has 12 N–H and O–H groups in total. The number of aliphatic hydroxyl groups is 1. The summed E-state index contributed by atoms with van der Waals surface area (Å²) in [5.74, 6) is -2.63. The minimum Gasteiger partial charge on any atom is -0.480 e. The van der Waals surface area contributed by atoms with Gasteiger partial charge in [0, 0.05) is 13.0 Å². The quantitative estimate of drug-likeness (QED) is 0.0692. The Hall–Kier alpha value is -2.86. The maximum absolute atomic E-state index is 12.2. The fraction of sp³-hybridized carbons (Fsp3) is 0.643. The van der Waals surface area contributed by atoms with Crippen LogP contribution in [0.15, 0.2) is 4.52 Å². The molecule has 17 heteroatoms. The Morgan fingerprint density at radius 1 is 1.23 bits per heavy atom. The van der Waals surface area contributed by atoms with E-state index in [-0.39, 0.29) is 30.5 Å². The molecule has 0 saturated carbocycles. The van der Waals surface area contributed by atoms with E-state index >= 15 is 0 Å². The molecule has 1 unspecified atom stereocenters. The van der Waals surface area contributed by atoms with E-state index in [1.165, 1.54) is 0 Å². The number of carboxylic acids is 1. The molecule has 0 aliphatic rings. The van der Waals surface area contributed by atoms with Crippen molar-refractivity contribution in [2.45, 2.75) is 43.8 Å². The van der Waals surface area contributed by atoms with Gasteiger partial charge in [0.05, 0.1) is 12.6 Å². The molecule has 0 fully saturated rings. The van der Waals surface area contributed by atoms with Crippen LogP contribution >= 0.6 is 0 Å². The highest BCUT2D eigenvalue weighted by atomic mass is 32.2. The molecule has 1 aromatic rings. The molecule has 0 spiro atoms. The summed E-state index contributed by atoms with van der Waals surface area (Å²) < 4.78 is 33.4. The lowest BCUT2D eigenvalue weighted by molar-refractivity contribution is -0.139. The van der Waals surface area contributed by atoms with Crippen molar-refractivity contribution in [1.82, 2.24) is 24.9 Å². The van der Waals surface area contributed by atoms with Gasteiger partial charge in [-0.3, -0.25) is 15.0 Å². The van der Waals surface area contributed by atoms with Gasteiger partial charge in [-0.15, -0.1) is 0 Å². The Kier molecular flexibility index (Phi) is 10.2. The second-order valence-corrected chi connectivity index (χ2v) is 7.93. The van der Waals surface area contributed by atoms with E-state index in [1.54, 1.807) is 4.72 Å². The SMILES string of the molecule is N=C(N)NCCC[C@H](N)c1noc([C@H](CCC(N)=O)NS(=O)(=O)NC(CO)C(=O)O)n1. The van der Waals surface area contributed by atoms with Gasteiger partial charge in [-0.2, -0.15) is 22.8 Å². The van der Waals surface area contributed by atoms with E-state index in [0.717, 1.165) is 0 Å². The van der Waals surface area contributed by atoms with Gasteiger partial charge >= 0.3 is 5.97 Å². The molecule has 0 radical (unpaired) electrons. The number of primary amides is 1. The summed E-state index contributed by atoms with van der Waals surface area (Å²) in [7, 11) is -4.46. The van der Waals surface area contributed by atoms with Crippen LogP contribution in [0.5, 0.6) is 0 Å². The Bertz CT molecular complexity index is 860. The number of aliphatic hydroxyl groups excluding tert-OH is 1. The molecular weight excluding hydrogens is 438 g/mol. The zero-order chi connectivity index (χ0) is 23.6. The summed E-state index contributed by atoms with van der Waals surface area (Å²) in [6.45, 7) is -0.587. The lowest BCUT2D eigenvalue weighted by Crippen LogP contribution is -2.49. The van der Waals surface area contributed by atoms with Gasteiger partial charge < -0.3 is 37.3 Å². The second kappa shape index (κ2) is 12.1. The van der Waals surface area contributed by atoms with Gasteiger partial charge in [0.2, 0.25) is 11.8 Å². The van der Waals surface area contributed by atoms with Crippen LogP contribution in [-0.4, -0.2) is 65.8 Å². The standard InChI is InChI=1S/C14H27N9O7S/c15-7(2-1-5-19-14(17)18)11-20-12(30-21-11)8(3-4-10(16)25)22-31(28,29)23-9(6-24)13(26)27/h7-9,22-24H,1-6,15H2,(H2,16,25)(H,26,27)(H4,17,18,19)/t7-,8-,9?/m0/s1. The number of aliphatic carboxylic acids is 1.